The van der Waals surface area contributed by atoms with Gasteiger partial charge in [-0.1, -0.05) is 19.8 Å². The van der Waals surface area contributed by atoms with Crippen LogP contribution >= 0.6 is 0 Å². The average molecular weight is 398 g/mol. The number of hydrogen-bond acceptors (Lipinski definition) is 6. The van der Waals surface area contributed by atoms with E-state index in [9.17, 15) is 18.0 Å². The van der Waals surface area contributed by atoms with Crippen molar-refractivity contribution in [2.24, 2.45) is 11.1 Å². The van der Waals surface area contributed by atoms with Gasteiger partial charge in [0.25, 0.3) is 5.91 Å². The molecule has 1 aromatic carbocycles. The van der Waals surface area contributed by atoms with Crippen LogP contribution in [0, 0.1) is 5.92 Å². The van der Waals surface area contributed by atoms with Crippen molar-refractivity contribution < 1.29 is 27.5 Å². The fourth-order valence-electron chi connectivity index (χ4n) is 3.14. The summed E-state index contributed by atoms with van der Waals surface area (Å²) in [5.41, 5.74) is -0.0366. The summed E-state index contributed by atoms with van der Waals surface area (Å²) >= 11 is 0. The van der Waals surface area contributed by atoms with Gasteiger partial charge in [-0.15, -0.1) is 0 Å². The van der Waals surface area contributed by atoms with Crippen LogP contribution in [0.5, 0.6) is 5.75 Å². The second-order valence-corrected chi connectivity index (χ2v) is 8.36. The van der Waals surface area contributed by atoms with Crippen LogP contribution in [0.4, 0.5) is 0 Å². The molecule has 3 atom stereocenters. The zero-order chi connectivity index (χ0) is 20.2. The Kier molecular flexibility index (Phi) is 6.83. The highest BCUT2D eigenvalue weighted by atomic mass is 32.2. The fourth-order valence-corrected chi connectivity index (χ4v) is 3.86. The number of nitrogens with one attached hydrogen (secondary N) is 1. The molecule has 3 unspecified atom stereocenters. The number of rotatable bonds is 6. The van der Waals surface area contributed by atoms with Gasteiger partial charge in [-0.2, -0.15) is 0 Å². The van der Waals surface area contributed by atoms with Gasteiger partial charge < -0.3 is 14.8 Å². The molecule has 3 N–H and O–H groups in total. The van der Waals surface area contributed by atoms with Crippen molar-refractivity contribution in [2.45, 2.75) is 56.6 Å². The lowest BCUT2D eigenvalue weighted by atomic mass is 9.86. The number of hydrogen-bond donors (Lipinski definition) is 2. The minimum Gasteiger partial charge on any atom is -0.495 e. The maximum absolute atomic E-state index is 12.3. The Bertz CT molecular complexity index is 808. The normalized spacial score (nSPS) is 21.2. The molecule has 0 aliphatic heterocycles. The zero-order valence-corrected chi connectivity index (χ0v) is 16.5. The molecule has 1 aromatic rings. The quantitative estimate of drug-likeness (QED) is 0.701. The Hall–Kier alpha value is -2.13. The molecule has 0 radical (unpaired) electrons. The molecule has 8 nitrogen and oxygen atoms in total. The first-order valence-corrected chi connectivity index (χ1v) is 10.4. The van der Waals surface area contributed by atoms with Crippen LogP contribution in [0.2, 0.25) is 0 Å². The lowest BCUT2D eigenvalue weighted by molar-refractivity contribution is -0.130. The minimum absolute atomic E-state index is 0.0196. The lowest BCUT2D eigenvalue weighted by Crippen LogP contribution is -2.46. The first kappa shape index (κ1) is 21.2. The summed E-state index contributed by atoms with van der Waals surface area (Å²) in [6, 6.07) is 3.81. The largest absolute Gasteiger partial charge is 0.495 e. The first-order chi connectivity index (χ1) is 12.6. The number of ether oxygens (including phenoxy) is 2. The Balaban J connectivity index is 2.06. The van der Waals surface area contributed by atoms with Gasteiger partial charge in [-0.3, -0.25) is 4.79 Å². The smallest absolute Gasteiger partial charge is 0.338 e. The number of methoxy groups -OCH3 is 1. The summed E-state index contributed by atoms with van der Waals surface area (Å²) in [6.45, 7) is 3.57. The summed E-state index contributed by atoms with van der Waals surface area (Å²) in [4.78, 5) is 24.3. The van der Waals surface area contributed by atoms with Crippen LogP contribution in [-0.4, -0.2) is 39.5 Å². The summed E-state index contributed by atoms with van der Waals surface area (Å²) in [5.74, 6) is -0.792. The number of sulfonamides is 1. The molecule has 2 rings (SSSR count). The number of primary sulfonamides is 1. The molecule has 1 saturated carbocycles. The molecule has 27 heavy (non-hydrogen) atoms. The molecule has 9 heteroatoms. The van der Waals surface area contributed by atoms with E-state index < -0.39 is 22.1 Å². The van der Waals surface area contributed by atoms with Gasteiger partial charge in [-0.25, -0.2) is 18.4 Å². The molecular formula is C18H26N2O6S. The number of benzene rings is 1. The standard InChI is InChI=1S/C18H26N2O6S/c1-11-6-4-5-7-14(11)20-17(21)12(2)26-18(22)13-8-9-15(25-3)16(10-13)27(19,23)24/h8-12,14H,4-7H2,1-3H3,(H,20,21)(H2,19,23,24). The molecule has 0 heterocycles. The minimum atomic E-state index is -4.08. The summed E-state index contributed by atoms with van der Waals surface area (Å²) in [7, 11) is -2.79. The molecule has 0 spiro atoms. The summed E-state index contributed by atoms with van der Waals surface area (Å²) in [5, 5.41) is 8.07. The van der Waals surface area contributed by atoms with Crippen LogP contribution in [0.15, 0.2) is 23.1 Å². The van der Waals surface area contributed by atoms with Gasteiger partial charge in [-0.05, 0) is 43.9 Å². The second kappa shape index (κ2) is 8.71. The van der Waals surface area contributed by atoms with Crippen molar-refractivity contribution in [3.05, 3.63) is 23.8 Å². The average Bonchev–Trinajstić information content (AvgIpc) is 2.62. The van der Waals surface area contributed by atoms with Crippen molar-refractivity contribution in [2.75, 3.05) is 7.11 Å². The molecule has 1 aliphatic rings. The molecule has 1 aliphatic carbocycles. The molecule has 0 bridgehead atoms. The van der Waals surface area contributed by atoms with E-state index in [1.54, 1.807) is 0 Å². The molecular weight excluding hydrogens is 372 g/mol. The number of amides is 1. The SMILES string of the molecule is COc1ccc(C(=O)OC(C)C(=O)NC2CCCCC2C)cc1S(N)(=O)=O. The van der Waals surface area contributed by atoms with Crippen molar-refractivity contribution in [3.8, 4) is 5.75 Å². The van der Waals surface area contributed by atoms with Crippen LogP contribution in [0.3, 0.4) is 0 Å². The molecule has 1 fully saturated rings. The van der Waals surface area contributed by atoms with Crippen LogP contribution in [0.1, 0.15) is 49.9 Å². The third-order valence-corrected chi connectivity index (χ3v) is 5.73. The predicted octanol–water partition coefficient (Wildman–Crippen LogP) is 1.58. The maximum Gasteiger partial charge on any atom is 0.338 e. The van der Waals surface area contributed by atoms with Gasteiger partial charge in [0.2, 0.25) is 10.0 Å². The zero-order valence-electron chi connectivity index (χ0n) is 15.7. The van der Waals surface area contributed by atoms with Crippen molar-refractivity contribution in [1.29, 1.82) is 0 Å². The lowest BCUT2D eigenvalue weighted by Gasteiger charge is -2.30. The van der Waals surface area contributed by atoms with E-state index in [4.69, 9.17) is 14.6 Å². The Labute approximate surface area is 159 Å². The summed E-state index contributed by atoms with van der Waals surface area (Å²) in [6.07, 6.45) is 3.17. The summed E-state index contributed by atoms with van der Waals surface area (Å²) < 4.78 is 33.4. The Morgan fingerprint density at radius 2 is 1.93 bits per heavy atom. The van der Waals surface area contributed by atoms with E-state index in [-0.39, 0.29) is 28.2 Å². The van der Waals surface area contributed by atoms with E-state index in [1.165, 1.54) is 26.2 Å². The monoisotopic (exact) mass is 398 g/mol. The van der Waals surface area contributed by atoms with E-state index >= 15 is 0 Å². The maximum atomic E-state index is 12.3. The predicted molar refractivity (Wildman–Crippen MR) is 98.8 cm³/mol. The number of nitrogens with two attached hydrogens (primary N) is 1. The number of esters is 1. The van der Waals surface area contributed by atoms with Crippen LogP contribution in [0.25, 0.3) is 0 Å². The van der Waals surface area contributed by atoms with Gasteiger partial charge in [0.15, 0.2) is 6.10 Å². The van der Waals surface area contributed by atoms with Gasteiger partial charge in [0.05, 0.1) is 12.7 Å². The first-order valence-electron chi connectivity index (χ1n) is 8.85. The van der Waals surface area contributed by atoms with Gasteiger partial charge in [0.1, 0.15) is 10.6 Å². The third kappa shape index (κ3) is 5.43. The van der Waals surface area contributed by atoms with Crippen LogP contribution < -0.4 is 15.2 Å². The molecule has 150 valence electrons. The second-order valence-electron chi connectivity index (χ2n) is 6.84. The van der Waals surface area contributed by atoms with Crippen molar-refractivity contribution in [3.63, 3.8) is 0 Å². The van der Waals surface area contributed by atoms with E-state index in [1.807, 2.05) is 0 Å². The molecule has 0 saturated heterocycles. The highest BCUT2D eigenvalue weighted by Gasteiger charge is 2.27. The Morgan fingerprint density at radius 3 is 2.52 bits per heavy atom. The number of carbonyl (C=O) groups is 2. The molecule has 0 aromatic heterocycles. The van der Waals surface area contributed by atoms with Gasteiger partial charge >= 0.3 is 5.97 Å². The highest BCUT2D eigenvalue weighted by Crippen LogP contribution is 2.25. The van der Waals surface area contributed by atoms with E-state index in [0.717, 1.165) is 31.7 Å². The van der Waals surface area contributed by atoms with Crippen molar-refractivity contribution in [1.82, 2.24) is 5.32 Å². The topological polar surface area (TPSA) is 125 Å². The van der Waals surface area contributed by atoms with E-state index in [0.29, 0.717) is 5.92 Å². The van der Waals surface area contributed by atoms with Crippen LogP contribution in [-0.2, 0) is 19.6 Å². The van der Waals surface area contributed by atoms with Gasteiger partial charge in [0, 0.05) is 6.04 Å². The van der Waals surface area contributed by atoms with Crippen molar-refractivity contribution >= 4 is 21.9 Å². The Morgan fingerprint density at radius 1 is 1.26 bits per heavy atom. The fraction of sp³-hybridized carbons (Fsp3) is 0.556. The third-order valence-electron chi connectivity index (χ3n) is 4.80. The molecule has 1 amide bonds. The highest BCUT2D eigenvalue weighted by molar-refractivity contribution is 7.89. The number of carbonyl (C=O) groups excluding carboxylic acids is 2. The van der Waals surface area contributed by atoms with E-state index in [2.05, 4.69) is 12.2 Å².